The van der Waals surface area contributed by atoms with Crippen molar-refractivity contribution in [1.29, 1.82) is 0 Å². The number of nitrogens with zero attached hydrogens (tertiary/aromatic N) is 6. The standard InChI is InChI=1S/C25H23ClF3IN8O2S/c1-13-7-15(30)8-17(23(39)33-14(2)12-41-3)21(13)34-24(40)19-9-16(11-37-32-10-20(36-37)25(27,28)29)35-38(19)22-18(26)5-4-6-31-22/h4-10,14H,11-12H2,1-3H3,(H,33,39)(H,34,40)/t14-/m0/s1. The molecule has 4 aromatic rings. The predicted molar refractivity (Wildman–Crippen MR) is 158 cm³/mol. The third-order valence-electron chi connectivity index (χ3n) is 5.64. The summed E-state index contributed by atoms with van der Waals surface area (Å²) in [4.78, 5) is 31.9. The average molecular weight is 719 g/mol. The van der Waals surface area contributed by atoms with E-state index in [9.17, 15) is 22.8 Å². The zero-order valence-corrected chi connectivity index (χ0v) is 25.6. The van der Waals surface area contributed by atoms with Crippen LogP contribution in [0.25, 0.3) is 5.82 Å². The molecule has 10 nitrogen and oxygen atoms in total. The van der Waals surface area contributed by atoms with Gasteiger partial charge in [-0.05, 0) is 78.6 Å². The number of anilines is 1. The number of amides is 2. The molecule has 216 valence electrons. The molecule has 0 unspecified atom stereocenters. The third-order valence-corrected chi connectivity index (χ3v) is 7.39. The number of benzene rings is 1. The number of hydrogen-bond acceptors (Lipinski definition) is 7. The maximum Gasteiger partial charge on any atom is 0.436 e. The molecule has 0 fully saturated rings. The number of hydrogen-bond donors (Lipinski definition) is 2. The van der Waals surface area contributed by atoms with E-state index in [4.69, 9.17) is 11.6 Å². The van der Waals surface area contributed by atoms with Crippen LogP contribution in [0.2, 0.25) is 5.02 Å². The second-order valence-corrected chi connectivity index (χ2v) is 11.5. The van der Waals surface area contributed by atoms with Crippen molar-refractivity contribution in [2.24, 2.45) is 0 Å². The first-order chi connectivity index (χ1) is 19.4. The summed E-state index contributed by atoms with van der Waals surface area (Å²) in [6.45, 7) is 3.38. The van der Waals surface area contributed by atoms with Crippen LogP contribution >= 0.6 is 46.0 Å². The van der Waals surface area contributed by atoms with Gasteiger partial charge in [-0.25, -0.2) is 9.67 Å². The Labute approximate surface area is 255 Å². The van der Waals surface area contributed by atoms with Gasteiger partial charge in [0.1, 0.15) is 12.2 Å². The van der Waals surface area contributed by atoms with Crippen LogP contribution in [0.4, 0.5) is 18.9 Å². The minimum atomic E-state index is -4.66. The Balaban J connectivity index is 1.71. The molecule has 0 radical (unpaired) electrons. The first-order valence-electron chi connectivity index (χ1n) is 12.0. The number of aromatic nitrogens is 6. The van der Waals surface area contributed by atoms with E-state index in [2.05, 4.69) is 53.5 Å². The number of carbonyl (C=O) groups excluding carboxylic acids is 2. The summed E-state index contributed by atoms with van der Waals surface area (Å²) in [5.41, 5.74) is 0.214. The van der Waals surface area contributed by atoms with Crippen molar-refractivity contribution in [2.75, 3.05) is 17.3 Å². The monoisotopic (exact) mass is 718 g/mol. The Hall–Kier alpha value is -3.18. The molecule has 16 heteroatoms. The van der Waals surface area contributed by atoms with E-state index in [1.54, 1.807) is 36.9 Å². The zero-order chi connectivity index (χ0) is 29.9. The molecule has 2 amide bonds. The van der Waals surface area contributed by atoms with Gasteiger partial charge in [0, 0.05) is 21.6 Å². The highest BCUT2D eigenvalue weighted by atomic mass is 127. The second-order valence-electron chi connectivity index (χ2n) is 8.93. The van der Waals surface area contributed by atoms with E-state index in [-0.39, 0.29) is 46.3 Å². The van der Waals surface area contributed by atoms with Crippen molar-refractivity contribution >= 4 is 63.5 Å². The molecule has 0 bridgehead atoms. The lowest BCUT2D eigenvalue weighted by molar-refractivity contribution is -0.141. The van der Waals surface area contributed by atoms with Gasteiger partial charge < -0.3 is 10.6 Å². The smallest absolute Gasteiger partial charge is 0.349 e. The summed E-state index contributed by atoms with van der Waals surface area (Å²) in [7, 11) is 0. The van der Waals surface area contributed by atoms with Crippen molar-refractivity contribution in [1.82, 2.24) is 35.1 Å². The molecule has 0 aliphatic heterocycles. The average Bonchev–Trinajstić information content (AvgIpc) is 3.53. The first kappa shape index (κ1) is 30.8. The Morgan fingerprint density at radius 3 is 2.61 bits per heavy atom. The first-order valence-corrected chi connectivity index (χ1v) is 14.8. The Morgan fingerprint density at radius 1 is 1.20 bits per heavy atom. The molecule has 0 aliphatic rings. The summed E-state index contributed by atoms with van der Waals surface area (Å²) in [6.07, 6.45) is -0.664. The van der Waals surface area contributed by atoms with E-state index >= 15 is 0 Å². The van der Waals surface area contributed by atoms with Crippen LogP contribution in [0.15, 0.2) is 42.7 Å². The van der Waals surface area contributed by atoms with Crippen molar-refractivity contribution in [2.45, 2.75) is 32.6 Å². The van der Waals surface area contributed by atoms with Gasteiger partial charge in [0.2, 0.25) is 0 Å². The highest BCUT2D eigenvalue weighted by Crippen LogP contribution is 2.28. The second kappa shape index (κ2) is 12.8. The number of pyridine rings is 1. The lowest BCUT2D eigenvalue weighted by Gasteiger charge is -2.18. The molecule has 0 spiro atoms. The number of nitrogens with one attached hydrogen (secondary N) is 2. The van der Waals surface area contributed by atoms with Crippen molar-refractivity contribution in [3.05, 3.63) is 79.5 Å². The lowest BCUT2D eigenvalue weighted by Crippen LogP contribution is -2.35. The van der Waals surface area contributed by atoms with Gasteiger partial charge in [0.05, 0.1) is 28.2 Å². The summed E-state index contributed by atoms with van der Waals surface area (Å²) >= 11 is 10.0. The van der Waals surface area contributed by atoms with Crippen LogP contribution in [0, 0.1) is 10.5 Å². The van der Waals surface area contributed by atoms with Gasteiger partial charge in [0.15, 0.2) is 11.5 Å². The van der Waals surface area contributed by atoms with Gasteiger partial charge in [-0.1, -0.05) is 11.6 Å². The molecule has 0 aliphatic carbocycles. The Bertz CT molecular complexity index is 1590. The minimum Gasteiger partial charge on any atom is -0.349 e. The van der Waals surface area contributed by atoms with Crippen LogP contribution in [-0.4, -0.2) is 59.6 Å². The van der Waals surface area contributed by atoms with Crippen LogP contribution < -0.4 is 10.6 Å². The molecule has 2 N–H and O–H groups in total. The molecule has 1 aromatic carbocycles. The van der Waals surface area contributed by atoms with E-state index in [0.717, 1.165) is 8.37 Å². The Morgan fingerprint density at radius 2 is 1.95 bits per heavy atom. The third kappa shape index (κ3) is 7.37. The maximum absolute atomic E-state index is 13.7. The number of carbonyl (C=O) groups is 2. The van der Waals surface area contributed by atoms with Gasteiger partial charge in [-0.15, -0.1) is 5.10 Å². The van der Waals surface area contributed by atoms with Gasteiger partial charge in [0.25, 0.3) is 11.8 Å². The van der Waals surface area contributed by atoms with Gasteiger partial charge in [-0.2, -0.15) is 39.9 Å². The number of alkyl halides is 3. The molecule has 3 heterocycles. The van der Waals surface area contributed by atoms with E-state index < -0.39 is 17.8 Å². The SMILES string of the molecule is CSC[C@H](C)NC(=O)c1cc(I)cc(C)c1NC(=O)c1cc(Cn2ncc(C(F)(F)F)n2)nn1-c1ncccc1Cl. The molecule has 41 heavy (non-hydrogen) atoms. The summed E-state index contributed by atoms with van der Waals surface area (Å²) in [6, 6.07) is 7.91. The Kier molecular flexibility index (Phi) is 9.59. The molecule has 0 saturated heterocycles. The number of thioether (sulfide) groups is 1. The highest BCUT2D eigenvalue weighted by molar-refractivity contribution is 14.1. The quantitative estimate of drug-likeness (QED) is 0.228. The molecule has 1 atom stereocenters. The van der Waals surface area contributed by atoms with Crippen molar-refractivity contribution in [3.8, 4) is 5.82 Å². The number of halogens is 5. The summed E-state index contributed by atoms with van der Waals surface area (Å²) < 4.78 is 41.0. The molecule has 0 saturated carbocycles. The molecule has 4 rings (SSSR count). The lowest BCUT2D eigenvalue weighted by atomic mass is 10.1. The van der Waals surface area contributed by atoms with E-state index in [1.807, 2.05) is 19.2 Å². The minimum absolute atomic E-state index is 0.0242. The maximum atomic E-state index is 13.7. The van der Waals surface area contributed by atoms with Crippen LogP contribution in [0.3, 0.4) is 0 Å². The molecular weight excluding hydrogens is 696 g/mol. The summed E-state index contributed by atoms with van der Waals surface area (Å²) in [5, 5.41) is 17.4. The van der Waals surface area contributed by atoms with E-state index in [1.165, 1.54) is 16.9 Å². The fraction of sp³-hybridized carbons (Fsp3) is 0.280. The fourth-order valence-corrected chi connectivity index (χ4v) is 5.43. The highest BCUT2D eigenvalue weighted by Gasteiger charge is 2.34. The van der Waals surface area contributed by atoms with Crippen LogP contribution in [0.5, 0.6) is 0 Å². The van der Waals surface area contributed by atoms with Gasteiger partial charge >= 0.3 is 6.18 Å². The van der Waals surface area contributed by atoms with Crippen molar-refractivity contribution in [3.63, 3.8) is 0 Å². The topological polar surface area (TPSA) is 120 Å². The molecular formula is C25H23ClF3IN8O2S. The fourth-order valence-electron chi connectivity index (χ4n) is 3.87. The van der Waals surface area contributed by atoms with Crippen molar-refractivity contribution < 1.29 is 22.8 Å². The van der Waals surface area contributed by atoms with Crippen LogP contribution in [0.1, 0.15) is 44.7 Å². The number of aryl methyl sites for hydroxylation is 1. The normalized spacial score (nSPS) is 12.3. The van der Waals surface area contributed by atoms with Crippen LogP contribution in [-0.2, 0) is 12.7 Å². The van der Waals surface area contributed by atoms with Gasteiger partial charge in [-0.3, -0.25) is 9.59 Å². The number of rotatable bonds is 9. The summed E-state index contributed by atoms with van der Waals surface area (Å²) in [5.74, 6) is -0.169. The van der Waals surface area contributed by atoms with E-state index in [0.29, 0.717) is 23.2 Å². The molecule has 3 aromatic heterocycles. The zero-order valence-electron chi connectivity index (χ0n) is 21.8. The largest absolute Gasteiger partial charge is 0.436 e. The predicted octanol–water partition coefficient (Wildman–Crippen LogP) is 5.23.